The molecule has 0 aromatic heterocycles. The lowest BCUT2D eigenvalue weighted by Gasteiger charge is -2.41. The Hall–Kier alpha value is -0.660. The van der Waals surface area contributed by atoms with Crippen LogP contribution in [0.15, 0.2) is 0 Å². The molecule has 2 N–H and O–H groups in total. The molecule has 2 aliphatic heterocycles. The normalized spacial score (nSPS) is 35.6. The molecule has 1 aliphatic carbocycles. The van der Waals surface area contributed by atoms with Crippen LogP contribution in [-0.2, 0) is 14.8 Å². The first-order valence-electron chi connectivity index (χ1n) is 8.41. The molecule has 6 nitrogen and oxygen atoms in total. The summed E-state index contributed by atoms with van der Waals surface area (Å²) in [6, 6.07) is -0.164. The number of hydrogen-bond donors (Lipinski definition) is 2. The number of nitrogens with one attached hydrogen (secondary N) is 2. The van der Waals surface area contributed by atoms with Crippen LogP contribution in [0.2, 0.25) is 0 Å². The summed E-state index contributed by atoms with van der Waals surface area (Å²) in [4.78, 5) is 15.1. The number of nitrogens with zero attached hydrogens (tertiary/aromatic N) is 1. The Balaban J connectivity index is 1.78. The summed E-state index contributed by atoms with van der Waals surface area (Å²) >= 11 is 0. The van der Waals surface area contributed by atoms with Gasteiger partial charge in [-0.05, 0) is 45.2 Å². The molecule has 0 aromatic rings. The second kappa shape index (κ2) is 6.09. The molecule has 0 bridgehead atoms. The minimum Gasteiger partial charge on any atom is -0.338 e. The number of rotatable bonds is 4. The molecule has 2 heterocycles. The number of likely N-dealkylation sites (tertiary alicyclic amines) is 1. The average Bonchev–Trinajstić information content (AvgIpc) is 3.13. The zero-order valence-corrected chi connectivity index (χ0v) is 14.1. The van der Waals surface area contributed by atoms with E-state index in [9.17, 15) is 13.2 Å². The molecule has 1 amide bonds. The maximum atomic E-state index is 13.3. The predicted octanol–water partition coefficient (Wildman–Crippen LogP) is 0.306. The first kappa shape index (κ1) is 16.2. The Morgan fingerprint density at radius 3 is 2.91 bits per heavy atom. The molecular formula is C15H27N3O3S. The third kappa shape index (κ3) is 2.78. The summed E-state index contributed by atoms with van der Waals surface area (Å²) in [6.45, 7) is 2.40. The van der Waals surface area contributed by atoms with Crippen molar-refractivity contribution in [2.45, 2.75) is 44.6 Å². The monoisotopic (exact) mass is 329 g/mol. The minimum atomic E-state index is -3.28. The highest BCUT2D eigenvalue weighted by atomic mass is 32.2. The van der Waals surface area contributed by atoms with Crippen molar-refractivity contribution in [3.63, 3.8) is 0 Å². The highest BCUT2D eigenvalue weighted by Gasteiger charge is 2.52. The van der Waals surface area contributed by atoms with E-state index in [0.29, 0.717) is 12.5 Å². The summed E-state index contributed by atoms with van der Waals surface area (Å²) < 4.78 is 26.1. The van der Waals surface area contributed by atoms with Crippen LogP contribution in [0, 0.1) is 11.3 Å². The van der Waals surface area contributed by atoms with E-state index in [1.165, 1.54) is 13.5 Å². The lowest BCUT2D eigenvalue weighted by Crippen LogP contribution is -2.52. The molecule has 0 radical (unpaired) electrons. The Morgan fingerprint density at radius 1 is 1.32 bits per heavy atom. The van der Waals surface area contributed by atoms with Gasteiger partial charge in [0.1, 0.15) is 0 Å². The van der Waals surface area contributed by atoms with E-state index < -0.39 is 10.0 Å². The van der Waals surface area contributed by atoms with E-state index in [-0.39, 0.29) is 23.1 Å². The van der Waals surface area contributed by atoms with Crippen molar-refractivity contribution in [1.29, 1.82) is 0 Å². The molecule has 0 aromatic carbocycles. The Morgan fingerprint density at radius 2 is 2.14 bits per heavy atom. The van der Waals surface area contributed by atoms with Gasteiger partial charge in [0.05, 0.1) is 11.2 Å². The van der Waals surface area contributed by atoms with Crippen LogP contribution >= 0.6 is 0 Å². The standard InChI is InChI=1S/C15H27N3O3S/c1-16-22(20,21)10-13-6-4-8-18(13)14(19)15-7-3-2-5-12(15)9-17-11-15/h12-13,16-17H,2-11H2,1H3/t12-,13?,15+/m0/s1. The zero-order valence-electron chi connectivity index (χ0n) is 13.3. The zero-order chi connectivity index (χ0) is 15.8. The summed E-state index contributed by atoms with van der Waals surface area (Å²) in [5, 5.41) is 3.41. The maximum Gasteiger partial charge on any atom is 0.230 e. The van der Waals surface area contributed by atoms with Gasteiger partial charge in [-0.3, -0.25) is 4.79 Å². The van der Waals surface area contributed by atoms with Crippen LogP contribution in [0.25, 0.3) is 0 Å². The van der Waals surface area contributed by atoms with Crippen LogP contribution < -0.4 is 10.0 Å². The average molecular weight is 329 g/mol. The quantitative estimate of drug-likeness (QED) is 0.778. The van der Waals surface area contributed by atoms with E-state index in [0.717, 1.165) is 45.2 Å². The fraction of sp³-hybridized carbons (Fsp3) is 0.933. The SMILES string of the molecule is CNS(=O)(=O)CC1CCCN1C(=O)[C@@]12CCCC[C@H]1CNC2. The lowest BCUT2D eigenvalue weighted by atomic mass is 9.67. The van der Waals surface area contributed by atoms with E-state index >= 15 is 0 Å². The molecule has 3 rings (SSSR count). The number of carbonyl (C=O) groups excluding carboxylic acids is 1. The van der Waals surface area contributed by atoms with E-state index in [1.54, 1.807) is 0 Å². The topological polar surface area (TPSA) is 78.5 Å². The van der Waals surface area contributed by atoms with Gasteiger partial charge in [0, 0.05) is 19.1 Å². The fourth-order valence-electron chi connectivity index (χ4n) is 4.57. The van der Waals surface area contributed by atoms with Gasteiger partial charge in [0.25, 0.3) is 0 Å². The Labute approximate surface area is 133 Å². The molecule has 3 aliphatic rings. The van der Waals surface area contributed by atoms with Crippen molar-refractivity contribution in [2.24, 2.45) is 11.3 Å². The molecule has 1 saturated carbocycles. The predicted molar refractivity (Wildman–Crippen MR) is 84.8 cm³/mol. The molecule has 2 saturated heterocycles. The van der Waals surface area contributed by atoms with Crippen molar-refractivity contribution in [3.05, 3.63) is 0 Å². The van der Waals surface area contributed by atoms with Gasteiger partial charge in [-0.2, -0.15) is 0 Å². The number of carbonyl (C=O) groups is 1. The van der Waals surface area contributed by atoms with Gasteiger partial charge in [0.2, 0.25) is 15.9 Å². The summed E-state index contributed by atoms with van der Waals surface area (Å²) in [7, 11) is -1.85. The van der Waals surface area contributed by atoms with Crippen molar-refractivity contribution < 1.29 is 13.2 Å². The number of fused-ring (bicyclic) bond motifs is 1. The van der Waals surface area contributed by atoms with Gasteiger partial charge in [-0.1, -0.05) is 12.8 Å². The van der Waals surface area contributed by atoms with Crippen LogP contribution in [0.1, 0.15) is 38.5 Å². The smallest absolute Gasteiger partial charge is 0.230 e. The third-order valence-corrected chi connectivity index (χ3v) is 7.27. The van der Waals surface area contributed by atoms with Crippen LogP contribution in [0.5, 0.6) is 0 Å². The second-order valence-electron chi connectivity index (χ2n) is 7.01. The van der Waals surface area contributed by atoms with Crippen molar-refractivity contribution in [3.8, 4) is 0 Å². The third-order valence-electron chi connectivity index (χ3n) is 5.82. The molecule has 126 valence electrons. The van der Waals surface area contributed by atoms with E-state index in [1.807, 2.05) is 4.90 Å². The lowest BCUT2D eigenvalue weighted by molar-refractivity contribution is -0.145. The summed E-state index contributed by atoms with van der Waals surface area (Å²) in [6.07, 6.45) is 6.08. The number of hydrogen-bond acceptors (Lipinski definition) is 4. The van der Waals surface area contributed by atoms with Gasteiger partial charge in [-0.15, -0.1) is 0 Å². The van der Waals surface area contributed by atoms with Crippen LogP contribution in [0.4, 0.5) is 0 Å². The van der Waals surface area contributed by atoms with Gasteiger partial charge in [-0.25, -0.2) is 13.1 Å². The highest BCUT2D eigenvalue weighted by molar-refractivity contribution is 7.89. The summed E-state index contributed by atoms with van der Waals surface area (Å²) in [5.74, 6) is 0.663. The molecule has 0 spiro atoms. The van der Waals surface area contributed by atoms with Crippen molar-refractivity contribution >= 4 is 15.9 Å². The molecule has 7 heteroatoms. The Kier molecular flexibility index (Phi) is 4.49. The van der Waals surface area contributed by atoms with Gasteiger partial charge in [0.15, 0.2) is 0 Å². The largest absolute Gasteiger partial charge is 0.338 e. The van der Waals surface area contributed by atoms with E-state index in [4.69, 9.17) is 0 Å². The van der Waals surface area contributed by atoms with Gasteiger partial charge < -0.3 is 10.2 Å². The molecule has 3 atom stereocenters. The number of amides is 1. The maximum absolute atomic E-state index is 13.3. The molecule has 22 heavy (non-hydrogen) atoms. The fourth-order valence-corrected chi connectivity index (χ4v) is 5.59. The van der Waals surface area contributed by atoms with Gasteiger partial charge >= 0.3 is 0 Å². The highest BCUT2D eigenvalue weighted by Crippen LogP contribution is 2.46. The molecule has 3 fully saturated rings. The van der Waals surface area contributed by atoms with E-state index in [2.05, 4.69) is 10.0 Å². The Bertz CT molecular complexity index is 536. The summed E-state index contributed by atoms with van der Waals surface area (Å²) in [5.41, 5.74) is -0.274. The first-order chi connectivity index (χ1) is 10.5. The number of sulfonamides is 1. The molecular weight excluding hydrogens is 302 g/mol. The van der Waals surface area contributed by atoms with Crippen molar-refractivity contribution in [2.75, 3.05) is 32.4 Å². The van der Waals surface area contributed by atoms with Crippen molar-refractivity contribution in [1.82, 2.24) is 14.9 Å². The first-order valence-corrected chi connectivity index (χ1v) is 10.1. The second-order valence-corrected chi connectivity index (χ2v) is 8.98. The minimum absolute atomic E-state index is 0.0312. The molecule has 1 unspecified atom stereocenters. The van der Waals surface area contributed by atoms with Crippen LogP contribution in [-0.4, -0.2) is 57.7 Å². The van der Waals surface area contributed by atoms with Crippen LogP contribution in [0.3, 0.4) is 0 Å².